The van der Waals surface area contributed by atoms with Crippen LogP contribution in [-0.2, 0) is 0 Å². The molecule has 0 saturated carbocycles. The van der Waals surface area contributed by atoms with Gasteiger partial charge in [0.25, 0.3) is 0 Å². The smallest absolute Gasteiger partial charge is 1.00 e. The Kier molecular flexibility index (Phi) is 640. The summed E-state index contributed by atoms with van der Waals surface area (Å²) in [4.78, 5) is 0. The summed E-state index contributed by atoms with van der Waals surface area (Å²) >= 11 is 0. The van der Waals surface area contributed by atoms with E-state index in [0.29, 0.717) is 0 Å². The molecule has 0 aliphatic rings. The van der Waals surface area contributed by atoms with Crippen molar-refractivity contribution < 1.29 is 151 Å². The Morgan fingerprint density at radius 3 is 0.333 bits per heavy atom. The minimum Gasteiger partial charge on any atom is -1.00 e. The van der Waals surface area contributed by atoms with Gasteiger partial charge in [-0.1, -0.05) is 0 Å². The Morgan fingerprint density at radius 1 is 0.333 bits per heavy atom. The molecule has 0 N–H and O–H groups in total. The molecule has 0 atom stereocenters. The molecular formula is CaCl5Na3. The Bertz CT molecular complexity index is 12.2. The number of hydrogen-bond donors (Lipinski definition) is 0. The molecule has 40 valence electrons. The molecule has 0 saturated heterocycles. The molecule has 0 aromatic carbocycles. The van der Waals surface area contributed by atoms with Gasteiger partial charge >= 0.3 is 126 Å². The van der Waals surface area contributed by atoms with Gasteiger partial charge in [0.05, 0.1) is 0 Å². The van der Waals surface area contributed by atoms with Crippen LogP contribution in [0, 0.1) is 0 Å². The molecule has 0 amide bonds. The maximum absolute atomic E-state index is 0. The van der Waals surface area contributed by atoms with E-state index in [4.69, 9.17) is 0 Å². The van der Waals surface area contributed by atoms with Crippen molar-refractivity contribution in [3.8, 4) is 0 Å². The van der Waals surface area contributed by atoms with Crippen LogP contribution in [0.2, 0.25) is 0 Å². The molecule has 0 heterocycles. The van der Waals surface area contributed by atoms with Gasteiger partial charge in [-0.15, -0.1) is 0 Å². The van der Waals surface area contributed by atoms with E-state index in [1.807, 2.05) is 0 Å². The van der Waals surface area contributed by atoms with E-state index < -0.39 is 0 Å². The summed E-state index contributed by atoms with van der Waals surface area (Å²) in [5.41, 5.74) is 0. The molecule has 0 aliphatic heterocycles. The minimum absolute atomic E-state index is 0. The van der Waals surface area contributed by atoms with Crippen LogP contribution in [0.4, 0.5) is 0 Å². The predicted molar refractivity (Wildman–Crippen MR) is 5.75 cm³/mol. The second-order valence-electron chi connectivity index (χ2n) is 0. The van der Waals surface area contributed by atoms with Gasteiger partial charge in [-0.05, 0) is 0 Å². The van der Waals surface area contributed by atoms with E-state index in [1.54, 1.807) is 0 Å². The third-order valence-corrected chi connectivity index (χ3v) is 0. The maximum Gasteiger partial charge on any atom is 2.00 e. The average molecular weight is 286 g/mol. The van der Waals surface area contributed by atoms with Crippen LogP contribution in [0.15, 0.2) is 0 Å². The third-order valence-electron chi connectivity index (χ3n) is 0. The fourth-order valence-electron chi connectivity index (χ4n) is 0. The first-order valence-corrected chi connectivity index (χ1v) is 0. The summed E-state index contributed by atoms with van der Waals surface area (Å²) in [7, 11) is 0. The first-order valence-electron chi connectivity index (χ1n) is 0. The normalized spacial score (nSPS) is 0. The van der Waals surface area contributed by atoms with Crippen molar-refractivity contribution in [1.29, 1.82) is 0 Å². The summed E-state index contributed by atoms with van der Waals surface area (Å²) in [5.74, 6) is 0. The van der Waals surface area contributed by atoms with Gasteiger partial charge in [0.1, 0.15) is 0 Å². The quantitative estimate of drug-likeness (QED) is 0.388. The van der Waals surface area contributed by atoms with E-state index in [0.717, 1.165) is 0 Å². The van der Waals surface area contributed by atoms with Crippen LogP contribution in [0.5, 0.6) is 0 Å². The van der Waals surface area contributed by atoms with E-state index in [9.17, 15) is 0 Å². The molecule has 0 bridgehead atoms. The van der Waals surface area contributed by atoms with E-state index in [1.165, 1.54) is 0 Å². The Hall–Kier alpha value is 5.71. The van der Waals surface area contributed by atoms with Crippen molar-refractivity contribution in [2.75, 3.05) is 0 Å². The predicted octanol–water partition coefficient (Wildman–Crippen LogP) is -24.3. The first kappa shape index (κ1) is 84.8. The van der Waals surface area contributed by atoms with Crippen molar-refractivity contribution in [2.24, 2.45) is 0 Å². The number of hydrogen-bond acceptors (Lipinski definition) is 0. The van der Waals surface area contributed by atoms with Crippen LogP contribution < -0.4 is 151 Å². The molecule has 0 spiro atoms. The van der Waals surface area contributed by atoms with E-state index in [-0.39, 0.29) is 188 Å². The second-order valence-corrected chi connectivity index (χ2v) is 0. The molecule has 0 nitrogen and oxygen atoms in total. The third kappa shape index (κ3) is 57.7. The van der Waals surface area contributed by atoms with Crippen molar-refractivity contribution in [1.82, 2.24) is 0 Å². The van der Waals surface area contributed by atoms with Crippen LogP contribution in [0.1, 0.15) is 0 Å². The van der Waals surface area contributed by atoms with E-state index >= 15 is 0 Å². The van der Waals surface area contributed by atoms with Gasteiger partial charge in [-0.2, -0.15) is 0 Å². The molecule has 0 aromatic rings. The largest absolute Gasteiger partial charge is 2.00 e. The van der Waals surface area contributed by atoms with Crippen molar-refractivity contribution in [3.05, 3.63) is 0 Å². The number of halogens is 5. The van der Waals surface area contributed by atoms with Gasteiger partial charge in [0.15, 0.2) is 0 Å². The molecule has 0 rings (SSSR count). The summed E-state index contributed by atoms with van der Waals surface area (Å²) in [6.45, 7) is 0. The fourth-order valence-corrected chi connectivity index (χ4v) is 0. The van der Waals surface area contributed by atoms with Crippen molar-refractivity contribution >= 4 is 37.7 Å². The zero-order chi connectivity index (χ0) is 0. The van der Waals surface area contributed by atoms with Gasteiger partial charge in [0, 0.05) is 0 Å². The molecular weight excluding hydrogens is 286 g/mol. The molecule has 0 radical (unpaired) electrons. The standard InChI is InChI=1S/Ca.5ClH.3Na/h;5*1H;;;/q+2;;;;;;3*+1/p-5. The first-order chi connectivity index (χ1) is 0. The summed E-state index contributed by atoms with van der Waals surface area (Å²) in [6, 6.07) is 0. The Morgan fingerprint density at radius 2 is 0.333 bits per heavy atom. The second kappa shape index (κ2) is 67.9. The maximum atomic E-state index is 0. The van der Waals surface area contributed by atoms with E-state index in [2.05, 4.69) is 0 Å². The fraction of sp³-hybridized carbons (Fsp3) is 0. The average Bonchev–Trinajstić information content (AvgIpc) is 0. The number of rotatable bonds is 0. The van der Waals surface area contributed by atoms with Gasteiger partial charge in [-0.3, -0.25) is 0 Å². The topological polar surface area (TPSA) is 0 Å². The van der Waals surface area contributed by atoms with Crippen LogP contribution in [0.25, 0.3) is 0 Å². The summed E-state index contributed by atoms with van der Waals surface area (Å²) < 4.78 is 0. The zero-order valence-corrected chi connectivity index (χ0v) is 17.6. The monoisotopic (exact) mass is 284 g/mol. The Balaban J connectivity index is 0. The Labute approximate surface area is 183 Å². The zero-order valence-electron chi connectivity index (χ0n) is 5.60. The van der Waals surface area contributed by atoms with Crippen LogP contribution >= 0.6 is 0 Å². The molecule has 0 aromatic heterocycles. The molecule has 9 heteroatoms. The molecule has 0 aliphatic carbocycles. The SMILES string of the molecule is [Ca+2].[Cl-].[Cl-].[Cl-].[Cl-].[Cl-].[Na+].[Na+].[Na+]. The molecule has 9 heavy (non-hydrogen) atoms. The molecule has 0 unspecified atom stereocenters. The van der Waals surface area contributed by atoms with Gasteiger partial charge in [-0.25, -0.2) is 0 Å². The van der Waals surface area contributed by atoms with Crippen LogP contribution in [-0.4, -0.2) is 37.7 Å². The summed E-state index contributed by atoms with van der Waals surface area (Å²) in [5, 5.41) is 0. The van der Waals surface area contributed by atoms with Crippen molar-refractivity contribution in [2.45, 2.75) is 0 Å². The summed E-state index contributed by atoms with van der Waals surface area (Å²) in [6.07, 6.45) is 0. The van der Waals surface area contributed by atoms with Crippen molar-refractivity contribution in [3.63, 3.8) is 0 Å². The molecule has 0 fully saturated rings. The van der Waals surface area contributed by atoms with Crippen LogP contribution in [0.3, 0.4) is 0 Å². The van der Waals surface area contributed by atoms with Gasteiger partial charge < -0.3 is 62.0 Å². The van der Waals surface area contributed by atoms with Gasteiger partial charge in [0.2, 0.25) is 0 Å². The minimum atomic E-state index is 0.